The van der Waals surface area contributed by atoms with Gasteiger partial charge in [-0.2, -0.15) is 4.39 Å². The zero-order valence-corrected chi connectivity index (χ0v) is 17.0. The smallest absolute Gasteiger partial charge is 0.293 e. The molecule has 0 saturated heterocycles. The number of ether oxygens (including phenoxy) is 1. The van der Waals surface area contributed by atoms with Crippen molar-refractivity contribution in [2.24, 2.45) is 0 Å². The van der Waals surface area contributed by atoms with Gasteiger partial charge in [-0.05, 0) is 30.3 Å². The van der Waals surface area contributed by atoms with E-state index in [4.69, 9.17) is 4.74 Å². The summed E-state index contributed by atoms with van der Waals surface area (Å²) in [6.45, 7) is 0. The van der Waals surface area contributed by atoms with E-state index in [9.17, 15) is 26.4 Å². The maximum atomic E-state index is 14.0. The van der Waals surface area contributed by atoms with Gasteiger partial charge in [-0.15, -0.1) is 0 Å². The van der Waals surface area contributed by atoms with Crippen LogP contribution in [-0.4, -0.2) is 29.9 Å². The highest BCUT2D eigenvalue weighted by molar-refractivity contribution is 7.92. The maximum absolute atomic E-state index is 14.0. The number of aromatic nitrogens is 3. The van der Waals surface area contributed by atoms with Gasteiger partial charge in [0.15, 0.2) is 4.90 Å². The number of rotatable bonds is 5. The molecule has 8 nitrogen and oxygen atoms in total. The van der Waals surface area contributed by atoms with Gasteiger partial charge in [0.2, 0.25) is 11.7 Å². The monoisotopic (exact) mass is 462 g/mol. The largest absolute Gasteiger partial charge is 0.480 e. The molecule has 164 valence electrons. The summed E-state index contributed by atoms with van der Waals surface area (Å²) >= 11 is 0. The van der Waals surface area contributed by atoms with Crippen molar-refractivity contribution in [3.8, 4) is 17.0 Å². The minimum absolute atomic E-state index is 0.167. The van der Waals surface area contributed by atoms with E-state index in [1.807, 2.05) is 0 Å². The first-order chi connectivity index (χ1) is 15.2. The van der Waals surface area contributed by atoms with Crippen molar-refractivity contribution >= 4 is 21.4 Å². The van der Waals surface area contributed by atoms with Crippen LogP contribution in [0.1, 0.15) is 0 Å². The van der Waals surface area contributed by atoms with Gasteiger partial charge in [-0.1, -0.05) is 6.07 Å². The fraction of sp³-hybridized carbons (Fsp3) is 0.0500. The Morgan fingerprint density at radius 2 is 1.69 bits per heavy atom. The second-order valence-electron chi connectivity index (χ2n) is 6.49. The molecule has 0 fully saturated rings. The molecule has 0 spiro atoms. The average molecular weight is 462 g/mol. The molecule has 4 rings (SSSR count). The Hall–Kier alpha value is -3.93. The Balaban J connectivity index is 1.81. The number of fused-ring (bicyclic) bond motifs is 1. The molecule has 3 heterocycles. The first-order valence-electron chi connectivity index (χ1n) is 8.89. The number of halogens is 3. The third-order valence-corrected chi connectivity index (χ3v) is 5.89. The Kier molecular flexibility index (Phi) is 5.30. The second kappa shape index (κ2) is 7.96. The molecule has 32 heavy (non-hydrogen) atoms. The molecule has 1 aromatic carbocycles. The zero-order chi connectivity index (χ0) is 23.0. The van der Waals surface area contributed by atoms with E-state index in [1.54, 1.807) is 6.07 Å². The highest BCUT2D eigenvalue weighted by atomic mass is 32.2. The van der Waals surface area contributed by atoms with E-state index < -0.39 is 37.9 Å². The summed E-state index contributed by atoms with van der Waals surface area (Å²) in [6.07, 6.45) is 3.42. The maximum Gasteiger partial charge on any atom is 0.293 e. The molecular formula is C20H13F3N4O4S. The normalized spacial score (nSPS) is 11.5. The van der Waals surface area contributed by atoms with Gasteiger partial charge in [0, 0.05) is 23.5 Å². The number of anilines is 1. The standard InChI is InChI=1S/C20H13F3N4O4S/c1-31-19-16(26-32(29,30)18-13(21)3-2-4-14(18)22)7-12(8-25-19)11-5-6-17-24-9-15(23)20(28)27(17)10-11/h2-10,26H,1H3. The lowest BCUT2D eigenvalue weighted by Crippen LogP contribution is -2.18. The molecule has 0 bridgehead atoms. The summed E-state index contributed by atoms with van der Waals surface area (Å²) < 4.78 is 75.0. The summed E-state index contributed by atoms with van der Waals surface area (Å²) in [6, 6.07) is 6.96. The van der Waals surface area contributed by atoms with Crippen LogP contribution in [0, 0.1) is 17.5 Å². The predicted octanol–water partition coefficient (Wildman–Crippen LogP) is 2.98. The van der Waals surface area contributed by atoms with Crippen LogP contribution in [0.4, 0.5) is 18.9 Å². The first-order valence-corrected chi connectivity index (χ1v) is 10.4. The van der Waals surface area contributed by atoms with Crippen LogP contribution in [0.5, 0.6) is 5.88 Å². The van der Waals surface area contributed by atoms with Gasteiger partial charge in [0.25, 0.3) is 15.6 Å². The average Bonchev–Trinajstić information content (AvgIpc) is 2.75. The van der Waals surface area contributed by atoms with Crippen molar-refractivity contribution in [1.82, 2.24) is 14.4 Å². The highest BCUT2D eigenvalue weighted by Crippen LogP contribution is 2.31. The topological polar surface area (TPSA) is 103 Å². The number of hydrogen-bond donors (Lipinski definition) is 1. The summed E-state index contributed by atoms with van der Waals surface area (Å²) in [4.78, 5) is 18.7. The van der Waals surface area contributed by atoms with Crippen LogP contribution < -0.4 is 15.0 Å². The lowest BCUT2D eigenvalue weighted by atomic mass is 10.1. The second-order valence-corrected chi connectivity index (χ2v) is 8.11. The fourth-order valence-corrected chi connectivity index (χ4v) is 4.19. The first kappa shape index (κ1) is 21.3. The molecule has 1 N–H and O–H groups in total. The molecule has 0 radical (unpaired) electrons. The molecule has 0 atom stereocenters. The Bertz CT molecular complexity index is 1500. The lowest BCUT2D eigenvalue weighted by molar-refractivity contribution is 0.400. The summed E-state index contributed by atoms with van der Waals surface area (Å²) in [5, 5.41) is 0. The van der Waals surface area contributed by atoms with Crippen LogP contribution >= 0.6 is 0 Å². The Morgan fingerprint density at radius 3 is 2.38 bits per heavy atom. The molecule has 0 aliphatic heterocycles. The highest BCUT2D eigenvalue weighted by Gasteiger charge is 2.25. The zero-order valence-electron chi connectivity index (χ0n) is 16.2. The summed E-state index contributed by atoms with van der Waals surface area (Å²) in [7, 11) is -3.46. The van der Waals surface area contributed by atoms with E-state index in [0.29, 0.717) is 11.1 Å². The van der Waals surface area contributed by atoms with Gasteiger partial charge in [0.05, 0.1) is 13.3 Å². The van der Waals surface area contributed by atoms with Gasteiger partial charge >= 0.3 is 0 Å². The predicted molar refractivity (Wildman–Crippen MR) is 108 cm³/mol. The van der Waals surface area contributed by atoms with Crippen LogP contribution in [-0.2, 0) is 10.0 Å². The number of sulfonamides is 1. The molecule has 0 amide bonds. The molecule has 0 aliphatic rings. The third kappa shape index (κ3) is 3.75. The molecule has 3 aromatic heterocycles. The number of benzene rings is 1. The minimum atomic E-state index is -4.69. The number of hydrogen-bond acceptors (Lipinski definition) is 6. The molecule has 12 heteroatoms. The van der Waals surface area contributed by atoms with Crippen molar-refractivity contribution in [1.29, 1.82) is 0 Å². The number of nitrogens with one attached hydrogen (secondary N) is 1. The number of nitrogens with zero attached hydrogens (tertiary/aromatic N) is 3. The summed E-state index contributed by atoms with van der Waals surface area (Å²) in [5.41, 5.74) is -0.278. The molecular weight excluding hydrogens is 449 g/mol. The van der Waals surface area contributed by atoms with E-state index in [2.05, 4.69) is 14.7 Å². The van der Waals surface area contributed by atoms with Crippen LogP contribution in [0.15, 0.2) is 64.7 Å². The Labute approximate surface area is 179 Å². The number of methoxy groups -OCH3 is 1. The minimum Gasteiger partial charge on any atom is -0.480 e. The van der Waals surface area contributed by atoms with Gasteiger partial charge in [-0.25, -0.2) is 27.2 Å². The quantitative estimate of drug-likeness (QED) is 0.489. The van der Waals surface area contributed by atoms with Crippen LogP contribution in [0.3, 0.4) is 0 Å². The molecule has 0 saturated carbocycles. The van der Waals surface area contributed by atoms with Gasteiger partial charge < -0.3 is 4.74 Å². The Morgan fingerprint density at radius 1 is 0.969 bits per heavy atom. The van der Waals surface area contributed by atoms with E-state index in [1.165, 1.54) is 31.6 Å². The van der Waals surface area contributed by atoms with Gasteiger partial charge in [0.1, 0.15) is 23.0 Å². The van der Waals surface area contributed by atoms with Crippen molar-refractivity contribution in [2.45, 2.75) is 4.90 Å². The molecule has 0 unspecified atom stereocenters. The van der Waals surface area contributed by atoms with E-state index >= 15 is 0 Å². The van der Waals surface area contributed by atoms with Crippen molar-refractivity contribution < 1.29 is 26.3 Å². The van der Waals surface area contributed by atoms with Crippen molar-refractivity contribution in [3.05, 3.63) is 82.8 Å². The van der Waals surface area contributed by atoms with Crippen molar-refractivity contribution in [3.63, 3.8) is 0 Å². The fourth-order valence-electron chi connectivity index (χ4n) is 3.01. The molecule has 4 aromatic rings. The SMILES string of the molecule is COc1ncc(-c2ccc3ncc(F)c(=O)n3c2)cc1NS(=O)(=O)c1c(F)cccc1F. The van der Waals surface area contributed by atoms with Crippen molar-refractivity contribution in [2.75, 3.05) is 11.8 Å². The third-order valence-electron chi connectivity index (χ3n) is 4.47. The van der Waals surface area contributed by atoms with E-state index in [-0.39, 0.29) is 17.2 Å². The van der Waals surface area contributed by atoms with Crippen LogP contribution in [0.25, 0.3) is 16.8 Å². The van der Waals surface area contributed by atoms with Crippen LogP contribution in [0.2, 0.25) is 0 Å². The molecule has 0 aliphatic carbocycles. The summed E-state index contributed by atoms with van der Waals surface area (Å²) in [5.74, 6) is -3.76. The van der Waals surface area contributed by atoms with E-state index in [0.717, 1.165) is 28.8 Å². The lowest BCUT2D eigenvalue weighted by Gasteiger charge is -2.14. The van der Waals surface area contributed by atoms with Gasteiger partial charge in [-0.3, -0.25) is 13.9 Å². The number of pyridine rings is 2.